The summed E-state index contributed by atoms with van der Waals surface area (Å²) in [6, 6.07) is 8.18. The van der Waals surface area contributed by atoms with E-state index in [2.05, 4.69) is 9.80 Å². The molecule has 0 spiro atoms. The summed E-state index contributed by atoms with van der Waals surface area (Å²) >= 11 is 0. The first kappa shape index (κ1) is 17.5. The zero-order valence-corrected chi connectivity index (χ0v) is 16.0. The number of benzene rings is 1. The maximum absolute atomic E-state index is 11.6. The topological polar surface area (TPSA) is 40.6 Å². The molecule has 1 aromatic rings. The molecule has 5 rings (SSSR count). The standard InChI is InChI=1S/C20H30N2O2S/c1-25(23,24)20-9-6-17(7-10-20)11-21-12-18-5-8-19(15-21)22(14-18)13-16-3-2-4-16/h6-7,9-10,16,18-19H,2-5,8,11-15H2,1H3/t18-,19+/m1/s1. The van der Waals surface area contributed by atoms with E-state index in [9.17, 15) is 8.42 Å². The molecule has 138 valence electrons. The predicted molar refractivity (Wildman–Crippen MR) is 100 cm³/mol. The van der Waals surface area contributed by atoms with Crippen LogP contribution in [0.2, 0.25) is 0 Å². The summed E-state index contributed by atoms with van der Waals surface area (Å²) in [4.78, 5) is 5.79. The Morgan fingerprint density at radius 3 is 2.40 bits per heavy atom. The lowest BCUT2D eigenvalue weighted by molar-refractivity contribution is 0.0891. The van der Waals surface area contributed by atoms with Crippen molar-refractivity contribution in [2.24, 2.45) is 11.8 Å². The van der Waals surface area contributed by atoms with Crippen LogP contribution < -0.4 is 0 Å². The molecule has 3 heterocycles. The van der Waals surface area contributed by atoms with Crippen LogP contribution in [-0.4, -0.2) is 56.7 Å². The third-order valence-electron chi connectivity index (χ3n) is 6.38. The maximum Gasteiger partial charge on any atom is 0.175 e. The van der Waals surface area contributed by atoms with Crippen molar-refractivity contribution in [3.63, 3.8) is 0 Å². The van der Waals surface area contributed by atoms with Crippen LogP contribution in [0.5, 0.6) is 0 Å². The van der Waals surface area contributed by atoms with Crippen LogP contribution in [-0.2, 0) is 16.4 Å². The van der Waals surface area contributed by atoms with Gasteiger partial charge >= 0.3 is 0 Å². The molecule has 4 nitrogen and oxygen atoms in total. The summed E-state index contributed by atoms with van der Waals surface area (Å²) in [7, 11) is -3.10. The summed E-state index contributed by atoms with van der Waals surface area (Å²) < 4.78 is 23.2. The molecule has 4 aliphatic rings. The Balaban J connectivity index is 1.40. The first-order chi connectivity index (χ1) is 12.0. The number of hydrogen-bond acceptors (Lipinski definition) is 4. The van der Waals surface area contributed by atoms with Gasteiger partial charge in [0.2, 0.25) is 0 Å². The number of piperidine rings is 1. The summed E-state index contributed by atoms with van der Waals surface area (Å²) in [6.45, 7) is 5.89. The number of sulfone groups is 1. The fourth-order valence-corrected chi connectivity index (χ4v) is 5.37. The van der Waals surface area contributed by atoms with Crippen LogP contribution in [0.1, 0.15) is 37.7 Å². The molecule has 0 unspecified atom stereocenters. The molecule has 5 heteroatoms. The zero-order valence-electron chi connectivity index (χ0n) is 15.2. The Morgan fingerprint density at radius 1 is 1.00 bits per heavy atom. The summed E-state index contributed by atoms with van der Waals surface area (Å²) in [5.41, 5.74) is 1.22. The molecule has 2 atom stereocenters. The first-order valence-corrected chi connectivity index (χ1v) is 11.6. The third kappa shape index (κ3) is 4.09. The van der Waals surface area contributed by atoms with Gasteiger partial charge in [0.25, 0.3) is 0 Å². The molecule has 1 aliphatic carbocycles. The molecule has 2 bridgehead atoms. The van der Waals surface area contributed by atoms with Gasteiger partial charge in [0.1, 0.15) is 0 Å². The molecule has 1 saturated carbocycles. The average molecular weight is 363 g/mol. The lowest BCUT2D eigenvalue weighted by atomic mass is 9.83. The van der Waals surface area contributed by atoms with Gasteiger partial charge in [0.15, 0.2) is 9.84 Å². The van der Waals surface area contributed by atoms with Crippen molar-refractivity contribution < 1.29 is 8.42 Å². The van der Waals surface area contributed by atoms with Crippen LogP contribution >= 0.6 is 0 Å². The van der Waals surface area contributed by atoms with E-state index in [1.807, 2.05) is 12.1 Å². The largest absolute Gasteiger partial charge is 0.299 e. The van der Waals surface area contributed by atoms with Crippen LogP contribution in [0.3, 0.4) is 0 Å². The molecule has 0 N–H and O–H groups in total. The molecule has 0 radical (unpaired) electrons. The maximum atomic E-state index is 11.6. The number of hydrogen-bond donors (Lipinski definition) is 0. The summed E-state index contributed by atoms with van der Waals surface area (Å²) in [5.74, 6) is 1.76. The molecule has 0 aromatic heterocycles. The van der Waals surface area contributed by atoms with Gasteiger partial charge in [-0.05, 0) is 55.2 Å². The van der Waals surface area contributed by atoms with E-state index in [1.54, 1.807) is 12.1 Å². The molecule has 3 aliphatic heterocycles. The summed E-state index contributed by atoms with van der Waals surface area (Å²) in [5, 5.41) is 0. The Kier molecular flexibility index (Phi) is 4.91. The monoisotopic (exact) mass is 362 g/mol. The van der Waals surface area contributed by atoms with Gasteiger partial charge in [-0.3, -0.25) is 9.80 Å². The second kappa shape index (κ2) is 7.01. The van der Waals surface area contributed by atoms with Crippen molar-refractivity contribution >= 4 is 9.84 Å². The van der Waals surface area contributed by atoms with E-state index in [0.717, 1.165) is 31.0 Å². The van der Waals surface area contributed by atoms with E-state index in [-0.39, 0.29) is 0 Å². The van der Waals surface area contributed by atoms with Crippen molar-refractivity contribution in [3.05, 3.63) is 29.8 Å². The van der Waals surface area contributed by atoms with Crippen molar-refractivity contribution in [1.82, 2.24) is 9.80 Å². The molecule has 1 aromatic carbocycles. The van der Waals surface area contributed by atoms with Gasteiger partial charge in [-0.15, -0.1) is 0 Å². The Labute approximate surface area is 152 Å². The molecule has 25 heavy (non-hydrogen) atoms. The normalized spacial score (nSPS) is 28.7. The second-order valence-corrected chi connectivity index (χ2v) is 10.5. The highest BCUT2D eigenvalue weighted by atomic mass is 32.2. The minimum Gasteiger partial charge on any atom is -0.299 e. The van der Waals surface area contributed by atoms with Crippen molar-refractivity contribution in [3.8, 4) is 0 Å². The molecular weight excluding hydrogens is 332 g/mol. The average Bonchev–Trinajstić information content (AvgIpc) is 2.81. The SMILES string of the molecule is CS(=O)(=O)c1ccc(CN2C[C@H]3CC[C@@H](C2)N(CC2CCC2)C3)cc1. The number of fused-ring (bicyclic) bond motifs is 4. The van der Waals surface area contributed by atoms with Gasteiger partial charge < -0.3 is 0 Å². The second-order valence-electron chi connectivity index (χ2n) is 8.46. The molecule has 3 saturated heterocycles. The number of rotatable bonds is 5. The summed E-state index contributed by atoms with van der Waals surface area (Å²) in [6.07, 6.45) is 8.29. The first-order valence-electron chi connectivity index (χ1n) is 9.73. The Bertz CT molecular complexity index is 697. The number of nitrogens with zero attached hydrogens (tertiary/aromatic N) is 2. The predicted octanol–water partition coefficient (Wildman–Crippen LogP) is 2.79. The highest BCUT2D eigenvalue weighted by Gasteiger charge is 2.36. The van der Waals surface area contributed by atoms with Gasteiger partial charge in [-0.25, -0.2) is 8.42 Å². The quantitative estimate of drug-likeness (QED) is 0.808. The minimum absolute atomic E-state index is 0.416. The molecule has 4 fully saturated rings. The van der Waals surface area contributed by atoms with Gasteiger partial charge in [0, 0.05) is 45.0 Å². The van der Waals surface area contributed by atoms with E-state index in [0.29, 0.717) is 4.90 Å². The molecule has 0 amide bonds. The van der Waals surface area contributed by atoms with E-state index >= 15 is 0 Å². The van der Waals surface area contributed by atoms with Crippen LogP contribution in [0.4, 0.5) is 0 Å². The third-order valence-corrected chi connectivity index (χ3v) is 7.51. The van der Waals surface area contributed by atoms with E-state index in [1.165, 1.54) is 63.6 Å². The van der Waals surface area contributed by atoms with Crippen LogP contribution in [0.25, 0.3) is 0 Å². The zero-order chi connectivity index (χ0) is 17.4. The Hall–Kier alpha value is -0.910. The highest BCUT2D eigenvalue weighted by molar-refractivity contribution is 7.90. The molecular formula is C20H30N2O2S. The van der Waals surface area contributed by atoms with Gasteiger partial charge in [-0.1, -0.05) is 18.6 Å². The fraction of sp³-hybridized carbons (Fsp3) is 0.700. The van der Waals surface area contributed by atoms with Crippen LogP contribution in [0.15, 0.2) is 29.2 Å². The Morgan fingerprint density at radius 2 is 1.76 bits per heavy atom. The van der Waals surface area contributed by atoms with Crippen LogP contribution in [0, 0.1) is 11.8 Å². The van der Waals surface area contributed by atoms with Crippen molar-refractivity contribution in [2.75, 3.05) is 32.4 Å². The lowest BCUT2D eigenvalue weighted by Crippen LogP contribution is -2.46. The van der Waals surface area contributed by atoms with Crippen molar-refractivity contribution in [2.45, 2.75) is 49.6 Å². The van der Waals surface area contributed by atoms with Gasteiger partial charge in [-0.2, -0.15) is 0 Å². The van der Waals surface area contributed by atoms with E-state index in [4.69, 9.17) is 0 Å². The lowest BCUT2D eigenvalue weighted by Gasteiger charge is -2.40. The minimum atomic E-state index is -3.10. The van der Waals surface area contributed by atoms with Gasteiger partial charge in [0.05, 0.1) is 4.90 Å². The van der Waals surface area contributed by atoms with E-state index < -0.39 is 9.84 Å². The fourth-order valence-electron chi connectivity index (χ4n) is 4.74. The highest BCUT2D eigenvalue weighted by Crippen LogP contribution is 2.33. The smallest absolute Gasteiger partial charge is 0.175 e. The van der Waals surface area contributed by atoms with Crippen molar-refractivity contribution in [1.29, 1.82) is 0 Å².